The third-order valence-corrected chi connectivity index (χ3v) is 2.96. The van der Waals surface area contributed by atoms with Crippen molar-refractivity contribution < 1.29 is 19.8 Å². The summed E-state index contributed by atoms with van der Waals surface area (Å²) in [5, 5.41) is 22.6. The Morgan fingerprint density at radius 1 is 1.56 bits per heavy atom. The number of hydrogen-bond donors (Lipinski definition) is 3. The molecule has 0 aliphatic carbocycles. The predicted octanol–water partition coefficient (Wildman–Crippen LogP) is 1.10. The van der Waals surface area contributed by atoms with Gasteiger partial charge in [-0.25, -0.2) is 0 Å². The van der Waals surface area contributed by atoms with Crippen molar-refractivity contribution in [2.45, 2.75) is 18.9 Å². The minimum atomic E-state index is -1.45. The first-order valence-electron chi connectivity index (χ1n) is 5.33. The van der Waals surface area contributed by atoms with Crippen LogP contribution in [-0.4, -0.2) is 34.2 Å². The highest BCUT2D eigenvalue weighted by atomic mass is 32.1. The number of thiophene rings is 1. The standard InChI is InChI=1S/C12H15NO4S/c1-12(17,7-11(15)16)8-13-10(14)5-4-9-3-2-6-18-9/h2-6,17H,7-8H2,1H3,(H,13,14)(H,15,16). The number of rotatable bonds is 6. The average molecular weight is 269 g/mol. The second kappa shape index (κ2) is 6.32. The first kappa shape index (κ1) is 14.4. The highest BCUT2D eigenvalue weighted by Crippen LogP contribution is 2.10. The monoisotopic (exact) mass is 269 g/mol. The number of carbonyl (C=O) groups is 2. The van der Waals surface area contributed by atoms with Crippen LogP contribution in [0.25, 0.3) is 6.08 Å². The van der Waals surface area contributed by atoms with Gasteiger partial charge in [-0.05, 0) is 24.4 Å². The Bertz CT molecular complexity index is 437. The molecule has 0 aliphatic rings. The van der Waals surface area contributed by atoms with Gasteiger partial charge in [0.15, 0.2) is 0 Å². The van der Waals surface area contributed by atoms with E-state index >= 15 is 0 Å². The van der Waals surface area contributed by atoms with Gasteiger partial charge in [-0.2, -0.15) is 0 Å². The molecule has 1 aromatic rings. The van der Waals surface area contributed by atoms with Gasteiger partial charge < -0.3 is 15.5 Å². The molecule has 0 spiro atoms. The molecule has 3 N–H and O–H groups in total. The van der Waals surface area contributed by atoms with Crippen LogP contribution in [0.1, 0.15) is 18.2 Å². The lowest BCUT2D eigenvalue weighted by Crippen LogP contribution is -2.41. The van der Waals surface area contributed by atoms with Crippen molar-refractivity contribution in [1.29, 1.82) is 0 Å². The van der Waals surface area contributed by atoms with Crippen molar-refractivity contribution in [2.24, 2.45) is 0 Å². The molecule has 98 valence electrons. The number of hydrogen-bond acceptors (Lipinski definition) is 4. The molecule has 1 amide bonds. The Morgan fingerprint density at radius 3 is 2.83 bits per heavy atom. The highest BCUT2D eigenvalue weighted by Gasteiger charge is 2.24. The molecule has 0 fully saturated rings. The second-order valence-electron chi connectivity index (χ2n) is 4.13. The molecule has 0 saturated carbocycles. The molecule has 1 unspecified atom stereocenters. The Morgan fingerprint density at radius 2 is 2.28 bits per heavy atom. The molecule has 0 aromatic carbocycles. The van der Waals surface area contributed by atoms with E-state index < -0.39 is 18.0 Å². The van der Waals surface area contributed by atoms with Crippen LogP contribution in [0.5, 0.6) is 0 Å². The third kappa shape index (κ3) is 5.60. The van der Waals surface area contributed by atoms with Crippen LogP contribution < -0.4 is 5.32 Å². The number of aliphatic carboxylic acids is 1. The molecule has 1 heterocycles. The molecule has 18 heavy (non-hydrogen) atoms. The van der Waals surface area contributed by atoms with Gasteiger partial charge >= 0.3 is 5.97 Å². The van der Waals surface area contributed by atoms with Crippen molar-refractivity contribution in [3.8, 4) is 0 Å². The van der Waals surface area contributed by atoms with Crippen LogP contribution >= 0.6 is 11.3 Å². The highest BCUT2D eigenvalue weighted by molar-refractivity contribution is 7.10. The van der Waals surface area contributed by atoms with E-state index in [4.69, 9.17) is 5.11 Å². The predicted molar refractivity (Wildman–Crippen MR) is 69.2 cm³/mol. The Kier molecular flexibility index (Phi) is 5.06. The van der Waals surface area contributed by atoms with Gasteiger partial charge in [0.2, 0.25) is 5.91 Å². The van der Waals surface area contributed by atoms with Crippen LogP contribution in [0.2, 0.25) is 0 Å². The third-order valence-electron chi connectivity index (χ3n) is 2.12. The Hall–Kier alpha value is -1.66. The van der Waals surface area contributed by atoms with E-state index in [0.717, 1.165) is 4.88 Å². The van der Waals surface area contributed by atoms with Crippen LogP contribution in [0.3, 0.4) is 0 Å². The number of carboxylic acid groups (broad SMARTS) is 1. The molecule has 0 radical (unpaired) electrons. The summed E-state index contributed by atoms with van der Waals surface area (Å²) in [4.78, 5) is 22.8. The zero-order valence-corrected chi connectivity index (χ0v) is 10.7. The fourth-order valence-corrected chi connectivity index (χ4v) is 1.89. The van der Waals surface area contributed by atoms with Crippen molar-refractivity contribution in [2.75, 3.05) is 6.54 Å². The number of nitrogens with one attached hydrogen (secondary N) is 1. The van der Waals surface area contributed by atoms with Gasteiger partial charge in [0.05, 0.1) is 12.0 Å². The smallest absolute Gasteiger partial charge is 0.306 e. The molecule has 0 saturated heterocycles. The minimum absolute atomic E-state index is 0.104. The summed E-state index contributed by atoms with van der Waals surface area (Å²) in [6.45, 7) is 1.26. The van der Waals surface area contributed by atoms with Gasteiger partial charge in [0.1, 0.15) is 0 Å². The van der Waals surface area contributed by atoms with Gasteiger partial charge in [-0.1, -0.05) is 6.07 Å². The molecular weight excluding hydrogens is 254 g/mol. The number of carboxylic acids is 1. The minimum Gasteiger partial charge on any atom is -0.481 e. The maximum absolute atomic E-state index is 11.4. The first-order chi connectivity index (χ1) is 8.39. The van der Waals surface area contributed by atoms with Crippen LogP contribution in [0, 0.1) is 0 Å². The maximum atomic E-state index is 11.4. The summed E-state index contributed by atoms with van der Waals surface area (Å²) in [7, 11) is 0. The van der Waals surface area contributed by atoms with Gasteiger partial charge in [0.25, 0.3) is 0 Å². The van der Waals surface area contributed by atoms with Crippen molar-refractivity contribution in [3.05, 3.63) is 28.5 Å². The topological polar surface area (TPSA) is 86.6 Å². The SMILES string of the molecule is CC(O)(CNC(=O)C=Cc1cccs1)CC(=O)O. The quantitative estimate of drug-likeness (QED) is 0.675. The molecule has 0 bridgehead atoms. The first-order valence-corrected chi connectivity index (χ1v) is 6.21. The van der Waals surface area contributed by atoms with E-state index in [0.29, 0.717) is 0 Å². The summed E-state index contributed by atoms with van der Waals surface area (Å²) in [6.07, 6.45) is 2.59. The lowest BCUT2D eigenvalue weighted by Gasteiger charge is -2.20. The summed E-state index contributed by atoms with van der Waals surface area (Å²) in [5.74, 6) is -1.47. The second-order valence-corrected chi connectivity index (χ2v) is 5.11. The van der Waals surface area contributed by atoms with E-state index in [1.165, 1.54) is 24.3 Å². The molecule has 0 aliphatic heterocycles. The molecule has 1 atom stereocenters. The summed E-state index contributed by atoms with van der Waals surface area (Å²) in [5.41, 5.74) is -1.45. The summed E-state index contributed by atoms with van der Waals surface area (Å²) >= 11 is 1.50. The average Bonchev–Trinajstić information content (AvgIpc) is 2.74. The fraction of sp³-hybridized carbons (Fsp3) is 0.333. The van der Waals surface area contributed by atoms with E-state index in [9.17, 15) is 14.7 Å². The van der Waals surface area contributed by atoms with E-state index in [1.54, 1.807) is 6.08 Å². The van der Waals surface area contributed by atoms with Crippen molar-refractivity contribution in [1.82, 2.24) is 5.32 Å². The molecular formula is C12H15NO4S. The van der Waals surface area contributed by atoms with Crippen LogP contribution in [0.15, 0.2) is 23.6 Å². The molecule has 1 aromatic heterocycles. The van der Waals surface area contributed by atoms with Crippen molar-refractivity contribution in [3.63, 3.8) is 0 Å². The molecule has 1 rings (SSSR count). The fourth-order valence-electron chi connectivity index (χ4n) is 1.27. The summed E-state index contributed by atoms with van der Waals surface area (Å²) in [6, 6.07) is 3.74. The zero-order valence-electron chi connectivity index (χ0n) is 9.92. The Balaban J connectivity index is 2.39. The van der Waals surface area contributed by atoms with Gasteiger partial charge in [-0.3, -0.25) is 9.59 Å². The van der Waals surface area contributed by atoms with Crippen LogP contribution in [-0.2, 0) is 9.59 Å². The Labute approximate surface area is 109 Å². The van der Waals surface area contributed by atoms with E-state index in [1.807, 2.05) is 17.5 Å². The van der Waals surface area contributed by atoms with E-state index in [-0.39, 0.29) is 12.5 Å². The lowest BCUT2D eigenvalue weighted by molar-refractivity contribution is -0.142. The normalized spacial score (nSPS) is 14.3. The largest absolute Gasteiger partial charge is 0.481 e. The van der Waals surface area contributed by atoms with Gasteiger partial charge in [0, 0.05) is 17.5 Å². The number of amides is 1. The van der Waals surface area contributed by atoms with Crippen LogP contribution in [0.4, 0.5) is 0 Å². The molecule has 6 heteroatoms. The zero-order chi connectivity index (χ0) is 13.6. The van der Waals surface area contributed by atoms with Gasteiger partial charge in [-0.15, -0.1) is 11.3 Å². The van der Waals surface area contributed by atoms with Crippen molar-refractivity contribution >= 4 is 29.3 Å². The maximum Gasteiger partial charge on any atom is 0.306 e. The summed E-state index contributed by atoms with van der Waals surface area (Å²) < 4.78 is 0. The number of carbonyl (C=O) groups excluding carboxylic acids is 1. The number of aliphatic hydroxyl groups is 1. The molecule has 5 nitrogen and oxygen atoms in total. The van der Waals surface area contributed by atoms with E-state index in [2.05, 4.69) is 5.32 Å². The lowest BCUT2D eigenvalue weighted by atomic mass is 10.0.